The van der Waals surface area contributed by atoms with Gasteiger partial charge in [-0.25, -0.2) is 0 Å². The first-order valence-electron chi connectivity index (χ1n) is 10.6. The van der Waals surface area contributed by atoms with Crippen LogP contribution in [0.25, 0.3) is 0 Å². The lowest BCUT2D eigenvalue weighted by Crippen LogP contribution is -2.43. The van der Waals surface area contributed by atoms with Gasteiger partial charge in [0.25, 0.3) is 5.78 Å². The molecule has 1 fully saturated rings. The number of Topliss-reactive ketones (excluding diaryl/α,β-unsaturated/α-hetero) is 1. The molecule has 10 nitrogen and oxygen atoms in total. The van der Waals surface area contributed by atoms with Gasteiger partial charge in [0.1, 0.15) is 0 Å². The molecule has 2 heterocycles. The maximum absolute atomic E-state index is 13.0. The zero-order valence-electron chi connectivity index (χ0n) is 18.3. The number of allylic oxidation sites excluding steroid dienone is 4. The topological polar surface area (TPSA) is 121 Å². The highest BCUT2D eigenvalue weighted by molar-refractivity contribution is 6.47. The monoisotopic (exact) mass is 454 g/mol. The van der Waals surface area contributed by atoms with E-state index in [-0.39, 0.29) is 25.2 Å². The lowest BCUT2D eigenvalue weighted by atomic mass is 9.64. The van der Waals surface area contributed by atoms with Gasteiger partial charge in [0.15, 0.2) is 17.3 Å². The van der Waals surface area contributed by atoms with E-state index in [0.29, 0.717) is 22.6 Å². The molecule has 1 aromatic carbocycles. The summed E-state index contributed by atoms with van der Waals surface area (Å²) in [6, 6.07) is 2.77. The van der Waals surface area contributed by atoms with Crippen LogP contribution in [0.5, 0.6) is 11.5 Å². The van der Waals surface area contributed by atoms with Gasteiger partial charge in [0.2, 0.25) is 12.6 Å². The summed E-state index contributed by atoms with van der Waals surface area (Å²) in [5, 5.41) is 4.70. The molecule has 0 N–H and O–H groups in total. The number of benzene rings is 1. The number of fused-ring (bicyclic) bond motifs is 3. The van der Waals surface area contributed by atoms with Gasteiger partial charge in [-0.3, -0.25) is 19.4 Å². The highest BCUT2D eigenvalue weighted by Crippen LogP contribution is 2.56. The number of carbonyl (C=O) groups is 3. The molecule has 2 aliphatic heterocycles. The Hall–Kier alpha value is -3.69. The van der Waals surface area contributed by atoms with Gasteiger partial charge in [0.05, 0.1) is 31.0 Å². The summed E-state index contributed by atoms with van der Waals surface area (Å²) in [5.74, 6) is -2.73. The summed E-state index contributed by atoms with van der Waals surface area (Å²) in [4.78, 5) is 49.5. The average molecular weight is 454 g/mol. The minimum Gasteiger partial charge on any atom is -0.492 e. The van der Waals surface area contributed by atoms with E-state index < -0.39 is 41.3 Å². The van der Waals surface area contributed by atoms with Crippen molar-refractivity contribution in [2.75, 3.05) is 20.5 Å². The van der Waals surface area contributed by atoms with Crippen LogP contribution in [0.1, 0.15) is 36.9 Å². The first kappa shape index (κ1) is 21.2. The molecule has 0 aromatic heterocycles. The van der Waals surface area contributed by atoms with Gasteiger partial charge in [-0.2, -0.15) is 0 Å². The predicted octanol–water partition coefficient (Wildman–Crippen LogP) is 2.34. The SMILES string of the molecule is COC1=CC([C@@H]2c3cc4c(cc3[C@@H](N(N=O)C(C)C)[C@H]3COC(=O)[C@@H]32)OCO4)=CC(=O)C1=O. The highest BCUT2D eigenvalue weighted by atomic mass is 16.7. The van der Waals surface area contributed by atoms with Crippen LogP contribution >= 0.6 is 0 Å². The van der Waals surface area contributed by atoms with E-state index in [0.717, 1.165) is 5.56 Å². The molecule has 4 aliphatic rings. The molecular weight excluding hydrogens is 432 g/mol. The molecule has 0 bridgehead atoms. The predicted molar refractivity (Wildman–Crippen MR) is 112 cm³/mol. The molecule has 4 atom stereocenters. The first-order valence-corrected chi connectivity index (χ1v) is 10.6. The van der Waals surface area contributed by atoms with Crippen LogP contribution in [0.3, 0.4) is 0 Å². The van der Waals surface area contributed by atoms with Crippen LogP contribution in [0.15, 0.2) is 40.9 Å². The largest absolute Gasteiger partial charge is 0.492 e. The summed E-state index contributed by atoms with van der Waals surface area (Å²) in [7, 11) is 1.31. The van der Waals surface area contributed by atoms with Crippen molar-refractivity contribution in [3.05, 3.63) is 51.7 Å². The van der Waals surface area contributed by atoms with Gasteiger partial charge in [0, 0.05) is 17.9 Å². The molecule has 1 aromatic rings. The van der Waals surface area contributed by atoms with Crippen molar-refractivity contribution in [2.24, 2.45) is 17.1 Å². The third-order valence-corrected chi connectivity index (χ3v) is 6.68. The number of hydrogen-bond donors (Lipinski definition) is 0. The van der Waals surface area contributed by atoms with Crippen molar-refractivity contribution in [2.45, 2.75) is 31.8 Å². The van der Waals surface area contributed by atoms with Crippen LogP contribution in [0.4, 0.5) is 0 Å². The van der Waals surface area contributed by atoms with Gasteiger partial charge >= 0.3 is 5.97 Å². The van der Waals surface area contributed by atoms with Gasteiger partial charge in [-0.05, 0) is 54.8 Å². The Bertz CT molecular complexity index is 1140. The average Bonchev–Trinajstić information content (AvgIpc) is 3.40. The maximum Gasteiger partial charge on any atom is 0.310 e. The van der Waals surface area contributed by atoms with Crippen LogP contribution in [0.2, 0.25) is 0 Å². The molecule has 33 heavy (non-hydrogen) atoms. The quantitative estimate of drug-likeness (QED) is 0.217. The van der Waals surface area contributed by atoms with Crippen molar-refractivity contribution >= 4 is 17.5 Å². The van der Waals surface area contributed by atoms with Crippen molar-refractivity contribution in [3.63, 3.8) is 0 Å². The van der Waals surface area contributed by atoms with Crippen molar-refractivity contribution in [3.8, 4) is 11.5 Å². The molecule has 0 amide bonds. The normalized spacial score (nSPS) is 27.5. The number of hydrogen-bond acceptors (Lipinski definition) is 9. The molecule has 0 radical (unpaired) electrons. The second kappa shape index (κ2) is 7.72. The third-order valence-electron chi connectivity index (χ3n) is 6.68. The lowest BCUT2D eigenvalue weighted by molar-refractivity contribution is -0.141. The van der Waals surface area contributed by atoms with Crippen LogP contribution < -0.4 is 9.47 Å². The van der Waals surface area contributed by atoms with Crippen LogP contribution in [0, 0.1) is 16.7 Å². The molecular formula is C23H22N2O8. The van der Waals surface area contributed by atoms with E-state index >= 15 is 0 Å². The Balaban J connectivity index is 1.75. The summed E-state index contributed by atoms with van der Waals surface area (Å²) in [5.41, 5.74) is 1.87. The van der Waals surface area contributed by atoms with E-state index in [1.807, 2.05) is 13.8 Å². The number of ketones is 2. The molecule has 172 valence electrons. The molecule has 2 aliphatic carbocycles. The van der Waals surface area contributed by atoms with Crippen molar-refractivity contribution in [1.82, 2.24) is 5.01 Å². The molecule has 0 spiro atoms. The fourth-order valence-corrected chi connectivity index (χ4v) is 5.27. The third kappa shape index (κ3) is 3.12. The second-order valence-electron chi connectivity index (χ2n) is 8.68. The fourth-order valence-electron chi connectivity index (χ4n) is 5.27. The Morgan fingerprint density at radius 1 is 1.06 bits per heavy atom. The Morgan fingerprint density at radius 3 is 2.39 bits per heavy atom. The van der Waals surface area contributed by atoms with Gasteiger partial charge in [-0.1, -0.05) is 0 Å². The lowest BCUT2D eigenvalue weighted by Gasteiger charge is -2.43. The fraction of sp³-hybridized carbons (Fsp3) is 0.435. The summed E-state index contributed by atoms with van der Waals surface area (Å²) < 4.78 is 21.7. The van der Waals surface area contributed by atoms with E-state index in [2.05, 4.69) is 5.29 Å². The van der Waals surface area contributed by atoms with Gasteiger partial charge < -0.3 is 18.9 Å². The smallest absolute Gasteiger partial charge is 0.310 e. The van der Waals surface area contributed by atoms with E-state index in [1.54, 1.807) is 12.1 Å². The highest BCUT2D eigenvalue weighted by Gasteiger charge is 2.55. The molecule has 10 heteroatoms. The zero-order chi connectivity index (χ0) is 23.4. The molecule has 0 unspecified atom stereocenters. The number of methoxy groups -OCH3 is 1. The maximum atomic E-state index is 13.0. The number of ether oxygens (including phenoxy) is 4. The Labute approximate surface area is 189 Å². The van der Waals surface area contributed by atoms with E-state index in [4.69, 9.17) is 18.9 Å². The summed E-state index contributed by atoms with van der Waals surface area (Å²) in [6.07, 6.45) is 2.73. The molecule has 0 saturated carbocycles. The number of esters is 1. The minimum atomic E-state index is -0.748. The minimum absolute atomic E-state index is 0.0473. The van der Waals surface area contributed by atoms with E-state index in [1.165, 1.54) is 24.3 Å². The first-order chi connectivity index (χ1) is 15.8. The summed E-state index contributed by atoms with van der Waals surface area (Å²) in [6.45, 7) is 3.83. The number of carbonyl (C=O) groups excluding carboxylic acids is 3. The number of nitroso groups, excluding NO2 is 1. The van der Waals surface area contributed by atoms with Crippen molar-refractivity contribution in [1.29, 1.82) is 0 Å². The number of rotatable bonds is 5. The van der Waals surface area contributed by atoms with E-state index in [9.17, 15) is 19.3 Å². The Kier molecular flexibility index (Phi) is 4.95. The second-order valence-corrected chi connectivity index (χ2v) is 8.68. The van der Waals surface area contributed by atoms with Crippen LogP contribution in [-0.4, -0.2) is 49.1 Å². The van der Waals surface area contributed by atoms with Gasteiger partial charge in [-0.15, -0.1) is 4.91 Å². The van der Waals surface area contributed by atoms with Crippen molar-refractivity contribution < 1.29 is 33.3 Å². The Morgan fingerprint density at radius 2 is 1.76 bits per heavy atom. The van der Waals surface area contributed by atoms with Crippen LogP contribution in [-0.2, 0) is 23.9 Å². The number of nitrogens with zero attached hydrogens (tertiary/aromatic N) is 2. The zero-order valence-corrected chi connectivity index (χ0v) is 18.3. The molecule has 5 rings (SSSR count). The standard InChI is InChI=1S/C23H22N2O8/c1-10(2)25(24-29)21-13-7-17-16(32-9-33-17)6-12(13)19(20-14(21)8-31-23(20)28)11-4-15(26)22(27)18(5-11)30-3/h4-7,10,14,19-21H,8-9H2,1-3H3/t14-,19+,20-,21+/m0/s1. The number of cyclic esters (lactones) is 1. The summed E-state index contributed by atoms with van der Waals surface area (Å²) >= 11 is 0. The molecule has 1 saturated heterocycles.